The number of para-hydroxylation sites is 1. The zero-order valence-electron chi connectivity index (χ0n) is 15.3. The van der Waals surface area contributed by atoms with Crippen LogP contribution < -0.4 is 10.6 Å². The lowest BCUT2D eigenvalue weighted by Gasteiger charge is -2.13. The molecule has 31 heavy (non-hydrogen) atoms. The van der Waals surface area contributed by atoms with Gasteiger partial charge >= 0.3 is 12.2 Å². The number of carbonyl (C=O) groups is 1. The van der Waals surface area contributed by atoms with Crippen LogP contribution in [-0.4, -0.2) is 6.03 Å². The molecule has 0 bridgehead atoms. The summed E-state index contributed by atoms with van der Waals surface area (Å²) in [5, 5.41) is 11.4. The number of nitrogens with one attached hydrogen (secondary N) is 2. The molecule has 0 saturated heterocycles. The fourth-order valence-corrected chi connectivity index (χ4v) is 2.68. The minimum absolute atomic E-state index is 0.0624. The first-order chi connectivity index (χ1) is 14.6. The van der Waals surface area contributed by atoms with Crippen LogP contribution in [0.3, 0.4) is 0 Å². The van der Waals surface area contributed by atoms with Crippen molar-refractivity contribution < 1.29 is 26.7 Å². The van der Waals surface area contributed by atoms with Gasteiger partial charge in [0.25, 0.3) is 0 Å². The van der Waals surface area contributed by atoms with Gasteiger partial charge in [-0.1, -0.05) is 29.8 Å². The molecule has 0 radical (unpaired) electrons. The second-order valence-electron chi connectivity index (χ2n) is 6.06. The van der Waals surface area contributed by atoms with Crippen molar-refractivity contribution in [2.45, 2.75) is 6.18 Å². The minimum atomic E-state index is -4.69. The Hall–Kier alpha value is -3.53. The molecule has 0 saturated carbocycles. The van der Waals surface area contributed by atoms with E-state index in [1.54, 1.807) is 12.1 Å². The van der Waals surface area contributed by atoms with E-state index >= 15 is 0 Å². The van der Waals surface area contributed by atoms with Crippen LogP contribution in [0.2, 0.25) is 5.02 Å². The van der Waals surface area contributed by atoms with E-state index in [9.17, 15) is 26.7 Å². The van der Waals surface area contributed by atoms with Gasteiger partial charge in [-0.15, -0.1) is 10.2 Å². The van der Waals surface area contributed by atoms with Crippen molar-refractivity contribution in [3.63, 3.8) is 0 Å². The molecule has 0 fully saturated rings. The molecule has 0 aromatic heterocycles. The van der Waals surface area contributed by atoms with Crippen molar-refractivity contribution >= 4 is 40.4 Å². The Labute approximate surface area is 177 Å². The third-order valence-electron chi connectivity index (χ3n) is 3.88. The average Bonchev–Trinajstić information content (AvgIpc) is 2.69. The van der Waals surface area contributed by atoms with Gasteiger partial charge in [0.2, 0.25) is 0 Å². The molecular formula is C20H12ClF5N4O. The summed E-state index contributed by atoms with van der Waals surface area (Å²) in [7, 11) is 0. The van der Waals surface area contributed by atoms with E-state index in [-0.39, 0.29) is 17.1 Å². The molecule has 3 rings (SSSR count). The fraction of sp³-hybridized carbons (Fsp3) is 0.0500. The van der Waals surface area contributed by atoms with E-state index in [4.69, 9.17) is 11.6 Å². The zero-order valence-corrected chi connectivity index (χ0v) is 16.1. The van der Waals surface area contributed by atoms with Crippen molar-refractivity contribution in [3.8, 4) is 0 Å². The Morgan fingerprint density at radius 1 is 0.871 bits per heavy atom. The number of rotatable bonds is 4. The highest BCUT2D eigenvalue weighted by Crippen LogP contribution is 2.36. The predicted octanol–water partition coefficient (Wildman–Crippen LogP) is 7.70. The molecule has 160 valence electrons. The first kappa shape index (κ1) is 22.2. The molecule has 11 heteroatoms. The molecule has 3 aromatic rings. The van der Waals surface area contributed by atoms with E-state index in [0.717, 1.165) is 18.2 Å². The fourth-order valence-electron chi connectivity index (χ4n) is 2.46. The molecule has 3 aromatic carbocycles. The molecule has 0 spiro atoms. The van der Waals surface area contributed by atoms with Crippen molar-refractivity contribution in [3.05, 3.63) is 82.9 Å². The molecule has 2 amide bonds. The van der Waals surface area contributed by atoms with Crippen LogP contribution in [0.15, 0.2) is 70.9 Å². The number of carbonyl (C=O) groups excluding carboxylic acids is 1. The van der Waals surface area contributed by atoms with E-state index in [1.165, 1.54) is 24.3 Å². The number of anilines is 2. The number of amides is 2. The predicted molar refractivity (Wildman–Crippen MR) is 106 cm³/mol. The average molecular weight is 455 g/mol. The van der Waals surface area contributed by atoms with Gasteiger partial charge in [-0.25, -0.2) is 13.6 Å². The smallest absolute Gasteiger partial charge is 0.308 e. The largest absolute Gasteiger partial charge is 0.417 e. The molecular weight excluding hydrogens is 443 g/mol. The lowest BCUT2D eigenvalue weighted by atomic mass is 10.2. The normalized spacial score (nSPS) is 11.5. The van der Waals surface area contributed by atoms with Gasteiger partial charge in [-0.3, -0.25) is 0 Å². The maximum Gasteiger partial charge on any atom is 0.417 e. The minimum Gasteiger partial charge on any atom is -0.308 e. The van der Waals surface area contributed by atoms with Gasteiger partial charge in [-0.2, -0.15) is 13.2 Å². The summed E-state index contributed by atoms with van der Waals surface area (Å²) >= 11 is 5.55. The number of azo groups is 1. The lowest BCUT2D eigenvalue weighted by molar-refractivity contribution is -0.137. The van der Waals surface area contributed by atoms with Crippen LogP contribution in [0.1, 0.15) is 5.56 Å². The van der Waals surface area contributed by atoms with Gasteiger partial charge in [0.05, 0.1) is 16.3 Å². The molecule has 0 aliphatic carbocycles. The summed E-state index contributed by atoms with van der Waals surface area (Å²) in [5.74, 6) is -1.84. The quantitative estimate of drug-likeness (QED) is 0.308. The van der Waals surface area contributed by atoms with Crippen LogP contribution in [0.5, 0.6) is 0 Å². The summed E-state index contributed by atoms with van der Waals surface area (Å²) in [6.45, 7) is 0. The summed E-state index contributed by atoms with van der Waals surface area (Å²) in [4.78, 5) is 12.2. The first-order valence-corrected chi connectivity index (χ1v) is 8.92. The summed E-state index contributed by atoms with van der Waals surface area (Å²) < 4.78 is 66.3. The summed E-state index contributed by atoms with van der Waals surface area (Å²) in [5.41, 5.74) is -1.70. The van der Waals surface area contributed by atoms with E-state index < -0.39 is 40.1 Å². The Morgan fingerprint density at radius 2 is 1.55 bits per heavy atom. The highest BCUT2D eigenvalue weighted by molar-refractivity contribution is 6.31. The van der Waals surface area contributed by atoms with Crippen molar-refractivity contribution in [2.75, 3.05) is 10.6 Å². The molecule has 0 aliphatic heterocycles. The number of halogens is 6. The first-order valence-electron chi connectivity index (χ1n) is 8.54. The number of nitrogens with zero attached hydrogens (tertiary/aromatic N) is 2. The zero-order chi connectivity index (χ0) is 22.6. The molecule has 0 heterocycles. The van der Waals surface area contributed by atoms with E-state index in [2.05, 4.69) is 20.9 Å². The number of alkyl halides is 3. The van der Waals surface area contributed by atoms with Gasteiger partial charge in [0.15, 0.2) is 17.3 Å². The number of urea groups is 1. The van der Waals surface area contributed by atoms with Gasteiger partial charge < -0.3 is 10.6 Å². The topological polar surface area (TPSA) is 65.8 Å². The molecule has 0 aliphatic rings. The third kappa shape index (κ3) is 5.54. The maximum absolute atomic E-state index is 13.7. The number of hydrogen-bond acceptors (Lipinski definition) is 3. The van der Waals surface area contributed by atoms with E-state index in [0.29, 0.717) is 6.07 Å². The van der Waals surface area contributed by atoms with Crippen LogP contribution in [0, 0.1) is 11.6 Å². The highest BCUT2D eigenvalue weighted by atomic mass is 35.5. The number of benzene rings is 3. The molecule has 0 unspecified atom stereocenters. The highest BCUT2D eigenvalue weighted by Gasteiger charge is 2.33. The van der Waals surface area contributed by atoms with Gasteiger partial charge in [0.1, 0.15) is 5.69 Å². The second-order valence-corrected chi connectivity index (χ2v) is 6.47. The SMILES string of the molecule is O=C(Nc1ccc(Cl)c(C(F)(F)F)c1)Nc1ccccc1N=Nc1c(F)cccc1F. The lowest BCUT2D eigenvalue weighted by Crippen LogP contribution is -2.20. The standard InChI is InChI=1S/C20H12ClF5N4O/c21-13-9-8-11(10-12(13)20(24,25)26)27-19(31)28-16-6-1-2-7-17(16)29-30-18-14(22)4-3-5-15(18)23/h1-10H,(H2,27,28,31). The second kappa shape index (κ2) is 9.09. The summed E-state index contributed by atoms with van der Waals surface area (Å²) in [6, 6.07) is 11.1. The third-order valence-corrected chi connectivity index (χ3v) is 4.21. The Bertz CT molecular complexity index is 1130. The van der Waals surface area contributed by atoms with Crippen LogP contribution in [0.25, 0.3) is 0 Å². The van der Waals surface area contributed by atoms with Crippen LogP contribution >= 0.6 is 11.6 Å². The van der Waals surface area contributed by atoms with Crippen LogP contribution in [0.4, 0.5) is 49.5 Å². The van der Waals surface area contributed by atoms with Crippen LogP contribution in [-0.2, 0) is 6.18 Å². The van der Waals surface area contributed by atoms with Crippen molar-refractivity contribution in [1.29, 1.82) is 0 Å². The van der Waals surface area contributed by atoms with Crippen molar-refractivity contribution in [2.24, 2.45) is 10.2 Å². The van der Waals surface area contributed by atoms with Crippen molar-refractivity contribution in [1.82, 2.24) is 0 Å². The molecule has 0 atom stereocenters. The summed E-state index contributed by atoms with van der Waals surface area (Å²) in [6.07, 6.45) is -4.69. The molecule has 2 N–H and O–H groups in total. The maximum atomic E-state index is 13.7. The van der Waals surface area contributed by atoms with Gasteiger partial charge in [-0.05, 0) is 42.5 Å². The Kier molecular flexibility index (Phi) is 6.50. The van der Waals surface area contributed by atoms with Gasteiger partial charge in [0, 0.05) is 5.69 Å². The number of hydrogen-bond donors (Lipinski definition) is 2. The molecule has 5 nitrogen and oxygen atoms in total. The monoisotopic (exact) mass is 454 g/mol. The Balaban J connectivity index is 1.78. The Morgan fingerprint density at radius 3 is 2.23 bits per heavy atom. The van der Waals surface area contributed by atoms with E-state index in [1.807, 2.05) is 0 Å².